The summed E-state index contributed by atoms with van der Waals surface area (Å²) in [7, 11) is 0. The van der Waals surface area contributed by atoms with Crippen LogP contribution in [0.3, 0.4) is 0 Å². The average Bonchev–Trinajstić information content (AvgIpc) is 2.54. The van der Waals surface area contributed by atoms with Gasteiger partial charge in [0.2, 0.25) is 0 Å². The molecule has 1 saturated heterocycles. The first-order valence-electron chi connectivity index (χ1n) is 7.46. The second-order valence-corrected chi connectivity index (χ2v) is 4.92. The third-order valence-corrected chi connectivity index (χ3v) is 3.52. The van der Waals surface area contributed by atoms with Crippen molar-refractivity contribution in [2.24, 2.45) is 0 Å². The topological polar surface area (TPSA) is 48.0 Å². The molecule has 1 heterocycles. The van der Waals surface area contributed by atoms with Crippen LogP contribution in [0.2, 0.25) is 0 Å². The van der Waals surface area contributed by atoms with Crippen LogP contribution in [0.5, 0.6) is 11.5 Å². The maximum atomic E-state index is 11.2. The molecule has 0 radical (unpaired) electrons. The quantitative estimate of drug-likeness (QED) is 0.720. The Morgan fingerprint density at radius 1 is 1.38 bits per heavy atom. The second-order valence-electron chi connectivity index (χ2n) is 4.92. The maximum absolute atomic E-state index is 11.2. The molecule has 1 fully saturated rings. The van der Waals surface area contributed by atoms with E-state index < -0.39 is 0 Å². The number of carbonyl (C=O) groups is 1. The lowest BCUT2D eigenvalue weighted by atomic mass is 10.2. The molecule has 5 nitrogen and oxygen atoms in total. The number of rotatable bonds is 7. The molecule has 1 unspecified atom stereocenters. The highest BCUT2D eigenvalue weighted by atomic mass is 16.5. The number of ether oxygens (including phenoxy) is 3. The molecular weight excluding hydrogens is 270 g/mol. The van der Waals surface area contributed by atoms with Crippen molar-refractivity contribution in [1.82, 2.24) is 4.90 Å². The van der Waals surface area contributed by atoms with E-state index in [4.69, 9.17) is 14.2 Å². The van der Waals surface area contributed by atoms with Gasteiger partial charge >= 0.3 is 0 Å². The van der Waals surface area contributed by atoms with E-state index in [2.05, 4.69) is 11.8 Å². The first kappa shape index (κ1) is 15.8. The highest BCUT2D eigenvalue weighted by molar-refractivity contribution is 5.81. The van der Waals surface area contributed by atoms with Crippen LogP contribution < -0.4 is 9.47 Å². The third-order valence-electron chi connectivity index (χ3n) is 3.52. The summed E-state index contributed by atoms with van der Waals surface area (Å²) in [6, 6.07) is 5.33. The third kappa shape index (κ3) is 4.19. The Labute approximate surface area is 125 Å². The van der Waals surface area contributed by atoms with Crippen LogP contribution in [0, 0.1) is 0 Å². The van der Waals surface area contributed by atoms with Gasteiger partial charge in [0.15, 0.2) is 17.8 Å². The zero-order chi connectivity index (χ0) is 15.1. The van der Waals surface area contributed by atoms with Crippen LogP contribution in [-0.2, 0) is 4.74 Å². The molecule has 1 aliphatic rings. The van der Waals surface area contributed by atoms with Gasteiger partial charge in [0, 0.05) is 13.1 Å². The van der Waals surface area contributed by atoms with E-state index in [0.29, 0.717) is 30.3 Å². The van der Waals surface area contributed by atoms with Crippen molar-refractivity contribution < 1.29 is 19.0 Å². The highest BCUT2D eigenvalue weighted by Crippen LogP contribution is 2.30. The fourth-order valence-corrected chi connectivity index (χ4v) is 2.39. The lowest BCUT2D eigenvalue weighted by Crippen LogP contribution is -2.44. The minimum Gasteiger partial charge on any atom is -0.490 e. The molecule has 0 aromatic heterocycles. The Balaban J connectivity index is 2.03. The van der Waals surface area contributed by atoms with Crippen LogP contribution >= 0.6 is 0 Å². The van der Waals surface area contributed by atoms with Crippen molar-refractivity contribution in [2.45, 2.75) is 20.0 Å². The van der Waals surface area contributed by atoms with Crippen molar-refractivity contribution in [1.29, 1.82) is 0 Å². The van der Waals surface area contributed by atoms with E-state index in [1.54, 1.807) is 12.1 Å². The van der Waals surface area contributed by atoms with Crippen molar-refractivity contribution in [2.75, 3.05) is 39.5 Å². The standard InChI is InChI=1S/C16H23NO4/c1-3-17-8-9-20-14(10-17)12-21-16-13(11-18)6-5-7-15(16)19-4-2/h5-7,11,14H,3-4,8-10,12H2,1-2H3. The van der Waals surface area contributed by atoms with Gasteiger partial charge < -0.3 is 14.2 Å². The number of morpholine rings is 1. The summed E-state index contributed by atoms with van der Waals surface area (Å²) in [6.45, 7) is 8.53. The molecule has 1 atom stereocenters. The number of carbonyl (C=O) groups excluding carboxylic acids is 1. The van der Waals surface area contributed by atoms with Gasteiger partial charge in [0.1, 0.15) is 12.7 Å². The van der Waals surface area contributed by atoms with E-state index >= 15 is 0 Å². The van der Waals surface area contributed by atoms with Gasteiger partial charge in [-0.25, -0.2) is 0 Å². The van der Waals surface area contributed by atoms with Crippen LogP contribution in [0.4, 0.5) is 0 Å². The van der Waals surface area contributed by atoms with Gasteiger partial charge in [-0.15, -0.1) is 0 Å². The largest absolute Gasteiger partial charge is 0.490 e. The monoisotopic (exact) mass is 293 g/mol. The zero-order valence-electron chi connectivity index (χ0n) is 12.7. The van der Waals surface area contributed by atoms with Crippen molar-refractivity contribution >= 4 is 6.29 Å². The predicted molar refractivity (Wildman–Crippen MR) is 80.3 cm³/mol. The number of likely N-dealkylation sites (N-methyl/N-ethyl adjacent to an activating group) is 1. The number of hydrogen-bond acceptors (Lipinski definition) is 5. The van der Waals surface area contributed by atoms with Crippen LogP contribution in [0.25, 0.3) is 0 Å². The summed E-state index contributed by atoms with van der Waals surface area (Å²) in [5.74, 6) is 1.11. The first-order chi connectivity index (χ1) is 10.3. The van der Waals surface area contributed by atoms with Gasteiger partial charge in [-0.3, -0.25) is 9.69 Å². The molecule has 0 aliphatic carbocycles. The molecule has 1 aliphatic heterocycles. The van der Waals surface area contributed by atoms with Gasteiger partial charge in [-0.05, 0) is 25.6 Å². The fourth-order valence-electron chi connectivity index (χ4n) is 2.39. The SMILES string of the molecule is CCOc1cccc(C=O)c1OCC1CN(CC)CCO1. The van der Waals surface area contributed by atoms with Crippen molar-refractivity contribution in [3.05, 3.63) is 23.8 Å². The summed E-state index contributed by atoms with van der Waals surface area (Å²) >= 11 is 0. The Bertz CT molecular complexity index is 464. The number of para-hydroxylation sites is 1. The van der Waals surface area contributed by atoms with E-state index in [9.17, 15) is 4.79 Å². The van der Waals surface area contributed by atoms with E-state index in [0.717, 1.165) is 32.5 Å². The van der Waals surface area contributed by atoms with Crippen LogP contribution in [0.1, 0.15) is 24.2 Å². The first-order valence-corrected chi connectivity index (χ1v) is 7.46. The maximum Gasteiger partial charge on any atom is 0.171 e. The highest BCUT2D eigenvalue weighted by Gasteiger charge is 2.21. The lowest BCUT2D eigenvalue weighted by molar-refractivity contribution is -0.0467. The minimum absolute atomic E-state index is 0.0212. The van der Waals surface area contributed by atoms with Gasteiger partial charge in [-0.1, -0.05) is 13.0 Å². The molecule has 0 saturated carbocycles. The molecule has 1 aromatic carbocycles. The normalized spacial score (nSPS) is 19.2. The Morgan fingerprint density at radius 3 is 2.95 bits per heavy atom. The number of hydrogen-bond donors (Lipinski definition) is 0. The molecule has 0 bridgehead atoms. The summed E-state index contributed by atoms with van der Waals surface area (Å²) in [6.07, 6.45) is 0.811. The Morgan fingerprint density at radius 2 is 2.24 bits per heavy atom. The molecule has 0 amide bonds. The minimum atomic E-state index is 0.0212. The molecule has 21 heavy (non-hydrogen) atoms. The molecule has 2 rings (SSSR count). The second kappa shape index (κ2) is 8.00. The van der Waals surface area contributed by atoms with Crippen molar-refractivity contribution in [3.63, 3.8) is 0 Å². The zero-order valence-corrected chi connectivity index (χ0v) is 12.7. The summed E-state index contributed by atoms with van der Waals surface area (Å²) in [5.41, 5.74) is 0.504. The molecule has 116 valence electrons. The van der Waals surface area contributed by atoms with Crippen LogP contribution in [-0.4, -0.2) is 56.7 Å². The number of benzene rings is 1. The Hall–Kier alpha value is -1.59. The van der Waals surface area contributed by atoms with Crippen molar-refractivity contribution in [3.8, 4) is 11.5 Å². The Kier molecular flexibility index (Phi) is 6.02. The van der Waals surface area contributed by atoms with E-state index in [1.807, 2.05) is 13.0 Å². The van der Waals surface area contributed by atoms with Gasteiger partial charge in [0.25, 0.3) is 0 Å². The van der Waals surface area contributed by atoms with Crippen LogP contribution in [0.15, 0.2) is 18.2 Å². The van der Waals surface area contributed by atoms with E-state index in [-0.39, 0.29) is 6.10 Å². The molecule has 0 spiro atoms. The fraction of sp³-hybridized carbons (Fsp3) is 0.562. The number of aldehydes is 1. The average molecular weight is 293 g/mol. The van der Waals surface area contributed by atoms with Gasteiger partial charge in [0.05, 0.1) is 18.8 Å². The summed E-state index contributed by atoms with van der Waals surface area (Å²) in [4.78, 5) is 13.5. The molecule has 0 N–H and O–H groups in total. The summed E-state index contributed by atoms with van der Waals surface area (Å²) in [5, 5.41) is 0. The molecule has 5 heteroatoms. The molecular formula is C16H23NO4. The number of nitrogens with zero attached hydrogens (tertiary/aromatic N) is 1. The summed E-state index contributed by atoms with van der Waals surface area (Å²) < 4.78 is 17.1. The smallest absolute Gasteiger partial charge is 0.171 e. The predicted octanol–water partition coefficient (Wildman–Crippen LogP) is 2.00. The van der Waals surface area contributed by atoms with Gasteiger partial charge in [-0.2, -0.15) is 0 Å². The molecule has 1 aromatic rings. The van der Waals surface area contributed by atoms with E-state index in [1.165, 1.54) is 0 Å². The lowest BCUT2D eigenvalue weighted by Gasteiger charge is -2.32.